The molecule has 19 heavy (non-hydrogen) atoms. The molecule has 106 valence electrons. The molecule has 0 aliphatic heterocycles. The summed E-state index contributed by atoms with van der Waals surface area (Å²) in [5.74, 6) is 0.129. The van der Waals surface area contributed by atoms with Crippen LogP contribution in [0.5, 0.6) is 0 Å². The molecule has 0 aromatic heterocycles. The lowest BCUT2D eigenvalue weighted by Gasteiger charge is -2.26. The van der Waals surface area contributed by atoms with Gasteiger partial charge in [0.25, 0.3) is 0 Å². The number of nitrogens with zero attached hydrogens (tertiary/aromatic N) is 1. The van der Waals surface area contributed by atoms with Crippen LogP contribution in [0.4, 0.5) is 0 Å². The summed E-state index contributed by atoms with van der Waals surface area (Å²) in [7, 11) is 0. The molecule has 1 aromatic rings. The first-order chi connectivity index (χ1) is 9.20. The second-order valence-electron chi connectivity index (χ2n) is 4.37. The summed E-state index contributed by atoms with van der Waals surface area (Å²) in [5, 5.41) is 8.64. The fourth-order valence-electron chi connectivity index (χ4n) is 1.98. The van der Waals surface area contributed by atoms with E-state index in [0.717, 1.165) is 12.1 Å². The molecule has 0 saturated carbocycles. The number of carbonyl (C=O) groups is 1. The van der Waals surface area contributed by atoms with Crippen molar-refractivity contribution in [3.05, 3.63) is 35.9 Å². The number of ketones is 1. The van der Waals surface area contributed by atoms with Gasteiger partial charge in [0.05, 0.1) is 25.9 Å². The van der Waals surface area contributed by atoms with E-state index in [-0.39, 0.29) is 18.4 Å². The van der Waals surface area contributed by atoms with E-state index in [2.05, 4.69) is 4.90 Å². The van der Waals surface area contributed by atoms with E-state index < -0.39 is 0 Å². The summed E-state index contributed by atoms with van der Waals surface area (Å²) in [4.78, 5) is 14.4. The van der Waals surface area contributed by atoms with Crippen LogP contribution in [0, 0.1) is 0 Å². The van der Waals surface area contributed by atoms with Gasteiger partial charge < -0.3 is 9.84 Å². The van der Waals surface area contributed by atoms with Gasteiger partial charge in [0.15, 0.2) is 5.78 Å². The first-order valence-electron chi connectivity index (χ1n) is 6.72. The molecule has 0 aliphatic carbocycles. The monoisotopic (exact) mass is 265 g/mol. The largest absolute Gasteiger partial charge is 0.394 e. The second-order valence-corrected chi connectivity index (χ2v) is 4.37. The molecule has 0 aliphatic rings. The number of aliphatic hydroxyl groups is 1. The number of likely N-dealkylation sites (N-methyl/N-ethyl adjacent to an activating group) is 1. The van der Waals surface area contributed by atoms with Gasteiger partial charge in [-0.15, -0.1) is 0 Å². The zero-order chi connectivity index (χ0) is 14.1. The Kier molecular flexibility index (Phi) is 7.33. The zero-order valence-corrected chi connectivity index (χ0v) is 11.7. The van der Waals surface area contributed by atoms with Crippen LogP contribution in [-0.2, 0) is 4.74 Å². The highest BCUT2D eigenvalue weighted by Crippen LogP contribution is 2.08. The minimum absolute atomic E-state index is 0.0324. The third-order valence-corrected chi connectivity index (χ3v) is 3.15. The molecule has 0 spiro atoms. The summed E-state index contributed by atoms with van der Waals surface area (Å²) in [6.45, 7) is 6.34. The molecule has 1 N–H and O–H groups in total. The van der Waals surface area contributed by atoms with Gasteiger partial charge in [-0.1, -0.05) is 37.3 Å². The lowest BCUT2D eigenvalue weighted by Crippen LogP contribution is -2.41. The van der Waals surface area contributed by atoms with E-state index in [4.69, 9.17) is 9.84 Å². The molecule has 0 radical (unpaired) electrons. The first-order valence-corrected chi connectivity index (χ1v) is 6.72. The molecule has 0 saturated heterocycles. The predicted octanol–water partition coefficient (Wildman–Crippen LogP) is 1.59. The third kappa shape index (κ3) is 5.11. The minimum atomic E-state index is -0.162. The van der Waals surface area contributed by atoms with Crippen molar-refractivity contribution in [1.82, 2.24) is 4.90 Å². The van der Waals surface area contributed by atoms with Gasteiger partial charge in [-0.3, -0.25) is 9.69 Å². The van der Waals surface area contributed by atoms with Gasteiger partial charge >= 0.3 is 0 Å². The molecule has 1 aromatic carbocycles. The molecule has 1 unspecified atom stereocenters. The number of Topliss-reactive ketones (excluding diaryl/α,β-unsaturated/α-hetero) is 1. The molecule has 0 heterocycles. The Hall–Kier alpha value is -1.23. The highest BCUT2D eigenvalue weighted by molar-refractivity contribution is 5.99. The van der Waals surface area contributed by atoms with Gasteiger partial charge in [0, 0.05) is 12.1 Å². The molecule has 4 nitrogen and oxygen atoms in total. The zero-order valence-electron chi connectivity index (χ0n) is 11.7. The number of hydrogen-bond acceptors (Lipinski definition) is 4. The maximum Gasteiger partial charge on any atom is 0.179 e. The highest BCUT2D eigenvalue weighted by atomic mass is 16.5. The number of rotatable bonds is 9. The molecule has 1 rings (SSSR count). The van der Waals surface area contributed by atoms with Crippen LogP contribution >= 0.6 is 0 Å². The Balaban J connectivity index is 2.53. The van der Waals surface area contributed by atoms with Crippen molar-refractivity contribution in [2.24, 2.45) is 0 Å². The minimum Gasteiger partial charge on any atom is -0.394 e. The van der Waals surface area contributed by atoms with Gasteiger partial charge in [-0.25, -0.2) is 0 Å². The summed E-state index contributed by atoms with van der Waals surface area (Å²) in [6.07, 6.45) is 0. The average molecular weight is 265 g/mol. The molecule has 0 fully saturated rings. The van der Waals surface area contributed by atoms with Gasteiger partial charge in [0.2, 0.25) is 0 Å². The normalized spacial score (nSPS) is 12.6. The molecule has 0 bridgehead atoms. The standard InChI is InChI=1S/C15H23NO3/c1-3-16(9-11-19-12-10-17)13(2)15(18)14-7-5-4-6-8-14/h4-8,13,17H,3,9-12H2,1-2H3. The van der Waals surface area contributed by atoms with Gasteiger partial charge in [-0.05, 0) is 13.5 Å². The average Bonchev–Trinajstić information content (AvgIpc) is 2.47. The summed E-state index contributed by atoms with van der Waals surface area (Å²) in [6, 6.07) is 9.18. The predicted molar refractivity (Wildman–Crippen MR) is 75.4 cm³/mol. The van der Waals surface area contributed by atoms with Crippen LogP contribution in [0.3, 0.4) is 0 Å². The quantitative estimate of drug-likeness (QED) is 0.544. The van der Waals surface area contributed by atoms with Crippen molar-refractivity contribution in [2.45, 2.75) is 19.9 Å². The Morgan fingerprint density at radius 3 is 2.58 bits per heavy atom. The van der Waals surface area contributed by atoms with Gasteiger partial charge in [0.1, 0.15) is 0 Å². The van der Waals surface area contributed by atoms with Crippen molar-refractivity contribution in [3.63, 3.8) is 0 Å². The van der Waals surface area contributed by atoms with Gasteiger partial charge in [-0.2, -0.15) is 0 Å². The fourth-order valence-corrected chi connectivity index (χ4v) is 1.98. The van der Waals surface area contributed by atoms with Crippen molar-refractivity contribution in [3.8, 4) is 0 Å². The highest BCUT2D eigenvalue weighted by Gasteiger charge is 2.20. The smallest absolute Gasteiger partial charge is 0.179 e. The fraction of sp³-hybridized carbons (Fsp3) is 0.533. The molecular weight excluding hydrogens is 242 g/mol. The van der Waals surface area contributed by atoms with E-state index in [0.29, 0.717) is 19.8 Å². The Morgan fingerprint density at radius 2 is 2.00 bits per heavy atom. The maximum absolute atomic E-state index is 12.3. The van der Waals surface area contributed by atoms with Crippen LogP contribution in [0.15, 0.2) is 30.3 Å². The van der Waals surface area contributed by atoms with E-state index in [1.165, 1.54) is 0 Å². The first kappa shape index (κ1) is 15.8. The Labute approximate surface area is 115 Å². The van der Waals surface area contributed by atoms with Crippen LogP contribution in [0.25, 0.3) is 0 Å². The third-order valence-electron chi connectivity index (χ3n) is 3.15. The van der Waals surface area contributed by atoms with Crippen LogP contribution in [0.2, 0.25) is 0 Å². The molecule has 0 amide bonds. The molecule has 1 atom stereocenters. The van der Waals surface area contributed by atoms with Crippen LogP contribution < -0.4 is 0 Å². The summed E-state index contributed by atoms with van der Waals surface area (Å²) < 4.78 is 5.25. The number of benzene rings is 1. The van der Waals surface area contributed by atoms with E-state index in [9.17, 15) is 4.79 Å². The van der Waals surface area contributed by atoms with Crippen molar-refractivity contribution < 1.29 is 14.6 Å². The van der Waals surface area contributed by atoms with Crippen molar-refractivity contribution in [2.75, 3.05) is 32.9 Å². The van der Waals surface area contributed by atoms with E-state index in [1.54, 1.807) is 0 Å². The lowest BCUT2D eigenvalue weighted by molar-refractivity contribution is 0.0599. The number of carbonyl (C=O) groups excluding carboxylic acids is 1. The van der Waals surface area contributed by atoms with Crippen molar-refractivity contribution in [1.29, 1.82) is 0 Å². The molecule has 4 heteroatoms. The lowest BCUT2D eigenvalue weighted by atomic mass is 10.0. The van der Waals surface area contributed by atoms with E-state index >= 15 is 0 Å². The van der Waals surface area contributed by atoms with E-state index in [1.807, 2.05) is 44.2 Å². The van der Waals surface area contributed by atoms with Crippen LogP contribution in [-0.4, -0.2) is 54.7 Å². The number of aliphatic hydroxyl groups excluding tert-OH is 1. The molecular formula is C15H23NO3. The Morgan fingerprint density at radius 1 is 1.32 bits per heavy atom. The van der Waals surface area contributed by atoms with Crippen LogP contribution in [0.1, 0.15) is 24.2 Å². The topological polar surface area (TPSA) is 49.8 Å². The summed E-state index contributed by atoms with van der Waals surface area (Å²) >= 11 is 0. The Bertz CT molecular complexity index is 367. The SMILES string of the molecule is CCN(CCOCCO)C(C)C(=O)c1ccccc1. The number of hydrogen-bond donors (Lipinski definition) is 1. The maximum atomic E-state index is 12.3. The summed E-state index contributed by atoms with van der Waals surface area (Å²) in [5.41, 5.74) is 0.740. The second kappa shape index (κ2) is 8.80. The van der Waals surface area contributed by atoms with Crippen molar-refractivity contribution >= 4 is 5.78 Å². The number of ether oxygens (including phenoxy) is 1.